The molecule has 5 heteroatoms. The van der Waals surface area contributed by atoms with Crippen molar-refractivity contribution < 1.29 is 4.74 Å². The van der Waals surface area contributed by atoms with Crippen molar-refractivity contribution in [3.8, 4) is 5.88 Å². The first-order chi connectivity index (χ1) is 10.6. The molecule has 0 saturated carbocycles. The number of ether oxygens (including phenoxy) is 1. The monoisotopic (exact) mass is 306 g/mol. The summed E-state index contributed by atoms with van der Waals surface area (Å²) in [5, 5.41) is 8.37. The van der Waals surface area contributed by atoms with Crippen LogP contribution >= 0.6 is 0 Å². The summed E-state index contributed by atoms with van der Waals surface area (Å²) in [6, 6.07) is 2.17. The maximum absolute atomic E-state index is 5.54. The summed E-state index contributed by atoms with van der Waals surface area (Å²) >= 11 is 0. The highest BCUT2D eigenvalue weighted by atomic mass is 16.5. The van der Waals surface area contributed by atoms with Gasteiger partial charge in [-0.3, -0.25) is 0 Å². The lowest BCUT2D eigenvalue weighted by molar-refractivity contribution is 0.0482. The van der Waals surface area contributed by atoms with Crippen LogP contribution in [0.3, 0.4) is 0 Å². The quantitative estimate of drug-likeness (QED) is 0.904. The molecule has 0 aromatic carbocycles. The van der Waals surface area contributed by atoms with E-state index in [2.05, 4.69) is 29.3 Å². The van der Waals surface area contributed by atoms with Gasteiger partial charge in [0.15, 0.2) is 0 Å². The Morgan fingerprint density at radius 1 is 1.23 bits per heavy atom. The number of nitrogens with zero attached hydrogens (tertiary/aromatic N) is 3. The Balaban J connectivity index is 1.66. The highest BCUT2D eigenvalue weighted by molar-refractivity contribution is 5.31. The van der Waals surface area contributed by atoms with Crippen molar-refractivity contribution in [2.45, 2.75) is 70.1 Å². The Hall–Kier alpha value is -1.07. The Morgan fingerprint density at radius 3 is 2.50 bits per heavy atom. The third-order valence-corrected chi connectivity index (χ3v) is 5.61. The summed E-state index contributed by atoms with van der Waals surface area (Å²) in [4.78, 5) is 2.61. The minimum atomic E-state index is 0.626. The van der Waals surface area contributed by atoms with E-state index in [9.17, 15) is 0 Å². The van der Waals surface area contributed by atoms with E-state index >= 15 is 0 Å². The van der Waals surface area contributed by atoms with E-state index in [-0.39, 0.29) is 0 Å². The molecule has 124 valence electrons. The van der Waals surface area contributed by atoms with Crippen LogP contribution in [0.2, 0.25) is 0 Å². The maximum Gasteiger partial charge on any atom is 0.216 e. The van der Waals surface area contributed by atoms with Gasteiger partial charge in [0.2, 0.25) is 5.88 Å². The average molecular weight is 306 g/mol. The summed E-state index contributed by atoms with van der Waals surface area (Å²) in [6.45, 7) is 3.03. The molecule has 2 aliphatic rings. The minimum absolute atomic E-state index is 0.626. The van der Waals surface area contributed by atoms with Gasteiger partial charge in [-0.25, -0.2) is 4.68 Å². The Bertz CT molecular complexity index is 499. The molecule has 2 saturated heterocycles. The van der Waals surface area contributed by atoms with Gasteiger partial charge < -0.3 is 15.0 Å². The Kier molecular flexibility index (Phi) is 4.73. The zero-order valence-corrected chi connectivity index (χ0v) is 14.4. The van der Waals surface area contributed by atoms with E-state index in [0.29, 0.717) is 6.04 Å². The van der Waals surface area contributed by atoms with Gasteiger partial charge in [0, 0.05) is 31.7 Å². The molecule has 0 spiro atoms. The number of methoxy groups -OCH3 is 1. The molecule has 3 heterocycles. The van der Waals surface area contributed by atoms with Crippen LogP contribution in [0.15, 0.2) is 0 Å². The first-order valence-electron chi connectivity index (χ1n) is 8.68. The highest BCUT2D eigenvalue weighted by Gasteiger charge is 2.35. The predicted octanol–water partition coefficient (Wildman–Crippen LogP) is 2.10. The number of hydrogen-bond acceptors (Lipinski definition) is 4. The molecule has 2 aliphatic heterocycles. The SMILES string of the molecule is CCc1nn(C)c(OC)c1CNC1CC2CCCC(C1)N2C. The van der Waals surface area contributed by atoms with Crippen LogP contribution in [0.4, 0.5) is 0 Å². The van der Waals surface area contributed by atoms with Crippen molar-refractivity contribution in [3.63, 3.8) is 0 Å². The van der Waals surface area contributed by atoms with Crippen LogP contribution in [-0.2, 0) is 20.0 Å². The summed E-state index contributed by atoms with van der Waals surface area (Å²) < 4.78 is 7.40. The molecule has 0 radical (unpaired) electrons. The van der Waals surface area contributed by atoms with Crippen molar-refractivity contribution in [2.75, 3.05) is 14.2 Å². The molecular weight excluding hydrogens is 276 g/mol. The first kappa shape index (κ1) is 15.8. The second-order valence-corrected chi connectivity index (χ2v) is 6.86. The van der Waals surface area contributed by atoms with Gasteiger partial charge in [0.1, 0.15) is 0 Å². The smallest absolute Gasteiger partial charge is 0.216 e. The summed E-state index contributed by atoms with van der Waals surface area (Å²) in [5.41, 5.74) is 2.39. The molecule has 0 aliphatic carbocycles. The van der Waals surface area contributed by atoms with Gasteiger partial charge in [-0.05, 0) is 39.2 Å². The van der Waals surface area contributed by atoms with Gasteiger partial charge in [-0.2, -0.15) is 5.10 Å². The van der Waals surface area contributed by atoms with Gasteiger partial charge in [0.25, 0.3) is 0 Å². The molecule has 22 heavy (non-hydrogen) atoms. The van der Waals surface area contributed by atoms with Crippen LogP contribution in [-0.4, -0.2) is 47.0 Å². The lowest BCUT2D eigenvalue weighted by atomic mass is 9.82. The Morgan fingerprint density at radius 2 is 1.91 bits per heavy atom. The van der Waals surface area contributed by atoms with Gasteiger partial charge in [-0.1, -0.05) is 13.3 Å². The summed E-state index contributed by atoms with van der Waals surface area (Å²) in [6.07, 6.45) is 7.63. The summed E-state index contributed by atoms with van der Waals surface area (Å²) in [7, 11) is 6.01. The third-order valence-electron chi connectivity index (χ3n) is 5.61. The van der Waals surface area contributed by atoms with Crippen LogP contribution in [0.25, 0.3) is 0 Å². The number of aromatic nitrogens is 2. The lowest BCUT2D eigenvalue weighted by Gasteiger charge is -2.47. The van der Waals surface area contributed by atoms with Gasteiger partial charge in [0.05, 0.1) is 18.4 Å². The zero-order chi connectivity index (χ0) is 15.7. The largest absolute Gasteiger partial charge is 0.481 e. The second kappa shape index (κ2) is 6.59. The molecule has 2 unspecified atom stereocenters. The normalized spacial score (nSPS) is 28.8. The fourth-order valence-electron chi connectivity index (χ4n) is 4.35. The van der Waals surface area contributed by atoms with Crippen LogP contribution in [0, 0.1) is 0 Å². The molecule has 0 amide bonds. The van der Waals surface area contributed by atoms with Crippen LogP contribution in [0.1, 0.15) is 50.3 Å². The van der Waals surface area contributed by atoms with E-state index in [1.54, 1.807) is 7.11 Å². The highest BCUT2D eigenvalue weighted by Crippen LogP contribution is 2.33. The second-order valence-electron chi connectivity index (χ2n) is 6.86. The fraction of sp³-hybridized carbons (Fsp3) is 0.824. The molecular formula is C17H30N4O. The van der Waals surface area contributed by atoms with Crippen LogP contribution in [0.5, 0.6) is 5.88 Å². The summed E-state index contributed by atoms with van der Waals surface area (Å²) in [5.74, 6) is 0.900. The standard InChI is InChI=1S/C17H30N4O/c1-5-16-15(17(22-4)21(3)19-16)11-18-12-9-13-7-6-8-14(10-12)20(13)2/h12-14,18H,5-11H2,1-4H3. The minimum Gasteiger partial charge on any atom is -0.481 e. The maximum atomic E-state index is 5.54. The van der Waals surface area contributed by atoms with Gasteiger partial charge in [-0.15, -0.1) is 0 Å². The van der Waals surface area contributed by atoms with Gasteiger partial charge >= 0.3 is 0 Å². The first-order valence-corrected chi connectivity index (χ1v) is 8.68. The van der Waals surface area contributed by atoms with E-state index < -0.39 is 0 Å². The number of rotatable bonds is 5. The molecule has 1 aromatic heterocycles. The van der Waals surface area contributed by atoms with Crippen molar-refractivity contribution in [3.05, 3.63) is 11.3 Å². The van der Waals surface area contributed by atoms with Crippen molar-refractivity contribution in [2.24, 2.45) is 7.05 Å². The number of piperidine rings is 2. The molecule has 2 atom stereocenters. The molecule has 1 N–H and O–H groups in total. The van der Waals surface area contributed by atoms with E-state index in [4.69, 9.17) is 4.74 Å². The van der Waals surface area contributed by atoms with Crippen LogP contribution < -0.4 is 10.1 Å². The molecule has 3 rings (SSSR count). The predicted molar refractivity (Wildman–Crippen MR) is 88.2 cm³/mol. The third kappa shape index (κ3) is 2.88. The number of nitrogens with one attached hydrogen (secondary N) is 1. The topological polar surface area (TPSA) is 42.3 Å². The number of hydrogen-bond donors (Lipinski definition) is 1. The molecule has 5 nitrogen and oxygen atoms in total. The number of aryl methyl sites for hydroxylation is 2. The lowest BCUT2D eigenvalue weighted by Crippen LogP contribution is -2.54. The number of fused-ring (bicyclic) bond motifs is 2. The molecule has 2 fully saturated rings. The van der Waals surface area contributed by atoms with Crippen molar-refractivity contribution >= 4 is 0 Å². The van der Waals surface area contributed by atoms with Crippen molar-refractivity contribution in [1.29, 1.82) is 0 Å². The fourth-order valence-corrected chi connectivity index (χ4v) is 4.35. The van der Waals surface area contributed by atoms with E-state index in [1.807, 2.05) is 11.7 Å². The zero-order valence-electron chi connectivity index (χ0n) is 14.4. The molecule has 1 aromatic rings. The van der Waals surface area contributed by atoms with Crippen molar-refractivity contribution in [1.82, 2.24) is 20.0 Å². The molecule has 2 bridgehead atoms. The van der Waals surface area contributed by atoms with E-state index in [1.165, 1.54) is 37.7 Å². The average Bonchev–Trinajstić information content (AvgIpc) is 2.80. The Labute approximate surface area is 134 Å². The van der Waals surface area contributed by atoms with E-state index in [0.717, 1.165) is 36.6 Å².